The summed E-state index contributed by atoms with van der Waals surface area (Å²) in [6.07, 6.45) is 5.28. The predicted molar refractivity (Wildman–Crippen MR) is 121 cm³/mol. The summed E-state index contributed by atoms with van der Waals surface area (Å²) in [5.41, 5.74) is 2.02. The molecule has 28 heavy (non-hydrogen) atoms. The molecule has 0 atom stereocenters. The van der Waals surface area contributed by atoms with E-state index in [0.29, 0.717) is 6.54 Å². The van der Waals surface area contributed by atoms with E-state index in [1.165, 1.54) is 6.07 Å². The lowest BCUT2D eigenvalue weighted by Gasteiger charge is -2.12. The Balaban J connectivity index is 0.00000280. The molecule has 9 heteroatoms. The van der Waals surface area contributed by atoms with Gasteiger partial charge in [-0.1, -0.05) is 6.92 Å². The van der Waals surface area contributed by atoms with Gasteiger partial charge in [-0.15, -0.1) is 34.2 Å². The molecule has 7 nitrogen and oxygen atoms in total. The van der Waals surface area contributed by atoms with E-state index in [0.717, 1.165) is 60.7 Å². The molecule has 3 rings (SSSR count). The van der Waals surface area contributed by atoms with Gasteiger partial charge in [-0.25, -0.2) is 4.39 Å². The summed E-state index contributed by atoms with van der Waals surface area (Å²) >= 11 is 0. The summed E-state index contributed by atoms with van der Waals surface area (Å²) < 4.78 is 15.5. The number of benzene rings is 1. The van der Waals surface area contributed by atoms with Crippen LogP contribution in [-0.4, -0.2) is 45.3 Å². The van der Waals surface area contributed by atoms with Crippen LogP contribution in [0.25, 0.3) is 10.9 Å². The fourth-order valence-electron chi connectivity index (χ4n) is 3.02. The zero-order chi connectivity index (χ0) is 19.1. The number of H-pyrrole nitrogens is 1. The molecule has 0 bridgehead atoms. The molecule has 0 saturated carbocycles. The first kappa shape index (κ1) is 22.1. The monoisotopic (exact) mass is 499 g/mol. The molecule has 0 unspecified atom stereocenters. The minimum absolute atomic E-state index is 0. The first-order valence-electron chi connectivity index (χ1n) is 9.35. The van der Waals surface area contributed by atoms with Crippen molar-refractivity contribution in [3.8, 4) is 0 Å². The summed E-state index contributed by atoms with van der Waals surface area (Å²) in [6, 6.07) is 4.80. The molecule has 0 aliphatic heterocycles. The fourth-order valence-corrected chi connectivity index (χ4v) is 3.02. The number of hydrogen-bond acceptors (Lipinski definition) is 3. The predicted octanol–water partition coefficient (Wildman–Crippen LogP) is 2.88. The summed E-state index contributed by atoms with van der Waals surface area (Å²) in [5.74, 6) is 1.53. The average Bonchev–Trinajstić information content (AvgIpc) is 3.28. The number of aromatic amines is 1. The number of hydrogen-bond donors (Lipinski definition) is 3. The van der Waals surface area contributed by atoms with Crippen LogP contribution < -0.4 is 10.6 Å². The Morgan fingerprint density at radius 2 is 2.14 bits per heavy atom. The molecule has 1 aromatic carbocycles. The van der Waals surface area contributed by atoms with Crippen molar-refractivity contribution in [1.29, 1.82) is 0 Å². The van der Waals surface area contributed by atoms with E-state index in [1.807, 2.05) is 17.7 Å². The van der Waals surface area contributed by atoms with Crippen LogP contribution >= 0.6 is 24.0 Å². The molecule has 2 aromatic heterocycles. The molecule has 152 valence electrons. The number of aryl methyl sites for hydroxylation is 1. The van der Waals surface area contributed by atoms with Crippen molar-refractivity contribution in [2.45, 2.75) is 33.2 Å². The zero-order valence-electron chi connectivity index (χ0n) is 16.2. The molecule has 0 aliphatic rings. The van der Waals surface area contributed by atoms with E-state index < -0.39 is 0 Å². The zero-order valence-corrected chi connectivity index (χ0v) is 18.5. The largest absolute Gasteiger partial charge is 0.361 e. The van der Waals surface area contributed by atoms with Gasteiger partial charge < -0.3 is 20.2 Å². The van der Waals surface area contributed by atoms with E-state index in [9.17, 15) is 4.39 Å². The lowest BCUT2D eigenvalue weighted by molar-refractivity contribution is 0.629. The van der Waals surface area contributed by atoms with Gasteiger partial charge in [0.05, 0.1) is 0 Å². The van der Waals surface area contributed by atoms with Gasteiger partial charge in [-0.3, -0.25) is 4.99 Å². The lowest BCUT2D eigenvalue weighted by atomic mass is 10.1. The Kier molecular flexibility index (Phi) is 8.68. The highest BCUT2D eigenvalue weighted by Gasteiger charge is 2.05. The summed E-state index contributed by atoms with van der Waals surface area (Å²) in [6.45, 7) is 7.02. The van der Waals surface area contributed by atoms with Gasteiger partial charge in [-0.05, 0) is 37.1 Å². The normalized spacial score (nSPS) is 11.5. The smallest absolute Gasteiger partial charge is 0.191 e. The summed E-state index contributed by atoms with van der Waals surface area (Å²) in [4.78, 5) is 7.80. The molecule has 0 aliphatic carbocycles. The van der Waals surface area contributed by atoms with Crippen LogP contribution in [-0.2, 0) is 19.4 Å². The van der Waals surface area contributed by atoms with E-state index in [1.54, 1.807) is 18.5 Å². The highest BCUT2D eigenvalue weighted by atomic mass is 127. The molecule has 0 radical (unpaired) electrons. The molecule has 0 fully saturated rings. The van der Waals surface area contributed by atoms with E-state index >= 15 is 0 Å². The number of fused-ring (bicyclic) bond motifs is 1. The van der Waals surface area contributed by atoms with Crippen molar-refractivity contribution in [3.05, 3.63) is 47.9 Å². The molecular formula is C19H27FIN7. The Labute approximate surface area is 181 Å². The first-order chi connectivity index (χ1) is 13.2. The number of aliphatic imine (C=N–C) groups is 1. The van der Waals surface area contributed by atoms with Crippen LogP contribution in [0.5, 0.6) is 0 Å². The van der Waals surface area contributed by atoms with Crippen LogP contribution in [0.15, 0.2) is 35.7 Å². The highest BCUT2D eigenvalue weighted by molar-refractivity contribution is 14.0. The number of aromatic nitrogens is 4. The lowest BCUT2D eigenvalue weighted by Crippen LogP contribution is -2.39. The van der Waals surface area contributed by atoms with Crippen molar-refractivity contribution in [2.75, 3.05) is 19.6 Å². The van der Waals surface area contributed by atoms with Gasteiger partial charge in [0.1, 0.15) is 18.0 Å². The third kappa shape index (κ3) is 5.66. The number of nitrogens with zero attached hydrogens (tertiary/aromatic N) is 4. The van der Waals surface area contributed by atoms with E-state index in [-0.39, 0.29) is 29.8 Å². The second kappa shape index (κ2) is 11.0. The van der Waals surface area contributed by atoms with Crippen molar-refractivity contribution in [2.24, 2.45) is 4.99 Å². The SMILES string of the molecule is CCNC(=NCCc1c[nH]c2ccc(F)cc12)NCCn1cnnc1CC.I. The molecule has 0 spiro atoms. The molecular weight excluding hydrogens is 472 g/mol. The minimum Gasteiger partial charge on any atom is -0.361 e. The van der Waals surface area contributed by atoms with Crippen molar-refractivity contribution < 1.29 is 4.39 Å². The maximum absolute atomic E-state index is 13.5. The Hall–Kier alpha value is -2.17. The van der Waals surface area contributed by atoms with E-state index in [4.69, 9.17) is 0 Å². The molecule has 3 N–H and O–H groups in total. The van der Waals surface area contributed by atoms with Gasteiger partial charge in [-0.2, -0.15) is 0 Å². The topological polar surface area (TPSA) is 82.9 Å². The molecule has 3 aromatic rings. The third-order valence-corrected chi connectivity index (χ3v) is 4.38. The van der Waals surface area contributed by atoms with Crippen molar-refractivity contribution in [3.63, 3.8) is 0 Å². The summed E-state index contributed by atoms with van der Waals surface area (Å²) in [5, 5.41) is 15.5. The van der Waals surface area contributed by atoms with Crippen molar-refractivity contribution in [1.82, 2.24) is 30.4 Å². The molecule has 2 heterocycles. The van der Waals surface area contributed by atoms with Gasteiger partial charge >= 0.3 is 0 Å². The number of guanidine groups is 1. The number of halogens is 2. The number of nitrogens with one attached hydrogen (secondary N) is 3. The standard InChI is InChI=1S/C19H26FN7.HI/c1-3-18-26-25-13-27(18)10-9-23-19(21-4-2)22-8-7-14-12-24-17-6-5-15(20)11-16(14)17;/h5-6,11-13,24H,3-4,7-10H2,1-2H3,(H2,21,22,23);1H. The van der Waals surface area contributed by atoms with Crippen LogP contribution in [0.4, 0.5) is 4.39 Å². The van der Waals surface area contributed by atoms with Crippen LogP contribution in [0, 0.1) is 5.82 Å². The van der Waals surface area contributed by atoms with Crippen LogP contribution in [0.1, 0.15) is 25.2 Å². The Morgan fingerprint density at radius 3 is 2.93 bits per heavy atom. The van der Waals surface area contributed by atoms with E-state index in [2.05, 4.69) is 37.7 Å². The summed E-state index contributed by atoms with van der Waals surface area (Å²) in [7, 11) is 0. The van der Waals surface area contributed by atoms with Gasteiger partial charge in [0, 0.05) is 49.7 Å². The van der Waals surface area contributed by atoms with Gasteiger partial charge in [0.2, 0.25) is 0 Å². The third-order valence-electron chi connectivity index (χ3n) is 4.38. The quantitative estimate of drug-likeness (QED) is 0.253. The second-order valence-corrected chi connectivity index (χ2v) is 6.24. The van der Waals surface area contributed by atoms with Gasteiger partial charge in [0.15, 0.2) is 5.96 Å². The molecule has 0 amide bonds. The molecule has 0 saturated heterocycles. The van der Waals surface area contributed by atoms with Crippen LogP contribution in [0.3, 0.4) is 0 Å². The van der Waals surface area contributed by atoms with Gasteiger partial charge in [0.25, 0.3) is 0 Å². The fraction of sp³-hybridized carbons (Fsp3) is 0.421. The average molecular weight is 499 g/mol. The highest BCUT2D eigenvalue weighted by Crippen LogP contribution is 2.19. The maximum Gasteiger partial charge on any atom is 0.191 e. The second-order valence-electron chi connectivity index (χ2n) is 6.24. The number of rotatable bonds is 8. The van der Waals surface area contributed by atoms with Crippen molar-refractivity contribution >= 4 is 40.8 Å². The Morgan fingerprint density at radius 1 is 1.29 bits per heavy atom. The maximum atomic E-state index is 13.5. The minimum atomic E-state index is -0.220. The first-order valence-corrected chi connectivity index (χ1v) is 9.35. The Bertz CT molecular complexity index is 903. The van der Waals surface area contributed by atoms with Crippen LogP contribution in [0.2, 0.25) is 0 Å².